The van der Waals surface area contributed by atoms with Crippen molar-refractivity contribution in [3.63, 3.8) is 0 Å². The van der Waals surface area contributed by atoms with Crippen LogP contribution in [-0.2, 0) is 0 Å². The first-order valence-corrected chi connectivity index (χ1v) is 3.51. The molecule has 0 spiro atoms. The van der Waals surface area contributed by atoms with Gasteiger partial charge in [-0.05, 0) is 12.1 Å². The maximum atomic E-state index is 12.8. The molecule has 6 heteroatoms. The summed E-state index contributed by atoms with van der Waals surface area (Å²) in [5.41, 5.74) is 2.71. The Morgan fingerprint density at radius 3 is 2.29 bits per heavy atom. The predicted octanol–water partition coefficient (Wildman–Crippen LogP) is 2.00. The molecule has 0 fully saturated rings. The molecular formula is C8H5F4NO. The van der Waals surface area contributed by atoms with Crippen molar-refractivity contribution in [1.29, 1.82) is 0 Å². The summed E-state index contributed by atoms with van der Waals surface area (Å²) < 4.78 is 49.8. The van der Waals surface area contributed by atoms with Gasteiger partial charge in [-0.15, -0.1) is 0 Å². The van der Waals surface area contributed by atoms with Crippen molar-refractivity contribution in [2.75, 3.05) is 0 Å². The first-order valence-electron chi connectivity index (χ1n) is 3.51. The fraction of sp³-hybridized carbons (Fsp3) is 0.125. The van der Waals surface area contributed by atoms with E-state index in [1.165, 1.54) is 0 Å². The smallest absolute Gasteiger partial charge is 0.267 e. The zero-order chi connectivity index (χ0) is 10.9. The molecule has 0 aliphatic heterocycles. The average molecular weight is 207 g/mol. The van der Waals surface area contributed by atoms with Crippen molar-refractivity contribution in [3.8, 4) is 0 Å². The van der Waals surface area contributed by atoms with Crippen molar-refractivity contribution < 1.29 is 22.4 Å². The van der Waals surface area contributed by atoms with Crippen LogP contribution in [0.3, 0.4) is 0 Å². The second kappa shape index (κ2) is 3.65. The minimum atomic E-state index is -3.28. The highest BCUT2D eigenvalue weighted by Crippen LogP contribution is 2.27. The highest BCUT2D eigenvalue weighted by molar-refractivity contribution is 5.94. The van der Waals surface area contributed by atoms with Crippen molar-refractivity contribution >= 4 is 5.91 Å². The third-order valence-corrected chi connectivity index (χ3v) is 1.62. The molecule has 0 aliphatic rings. The van der Waals surface area contributed by atoms with Crippen molar-refractivity contribution in [2.45, 2.75) is 6.43 Å². The van der Waals surface area contributed by atoms with Crippen molar-refractivity contribution in [3.05, 3.63) is 34.9 Å². The molecule has 0 aliphatic carbocycles. The molecule has 1 aromatic carbocycles. The van der Waals surface area contributed by atoms with Gasteiger partial charge in [-0.1, -0.05) is 0 Å². The Balaban J connectivity index is 3.45. The summed E-state index contributed by atoms with van der Waals surface area (Å²) in [6, 6.07) is 1.30. The third kappa shape index (κ3) is 1.68. The molecule has 0 atom stereocenters. The van der Waals surface area contributed by atoms with Crippen LogP contribution in [0.15, 0.2) is 12.1 Å². The van der Waals surface area contributed by atoms with Crippen LogP contribution in [0.2, 0.25) is 0 Å². The van der Waals surface area contributed by atoms with Crippen molar-refractivity contribution in [1.82, 2.24) is 0 Å². The van der Waals surface area contributed by atoms with Crippen molar-refractivity contribution in [2.24, 2.45) is 5.73 Å². The fourth-order valence-corrected chi connectivity index (χ4v) is 0.995. The first kappa shape index (κ1) is 10.5. The Kier molecular flexibility index (Phi) is 2.73. The number of hydrogen-bond acceptors (Lipinski definition) is 1. The average Bonchev–Trinajstić information content (AvgIpc) is 2.08. The van der Waals surface area contributed by atoms with Crippen LogP contribution in [0.25, 0.3) is 0 Å². The summed E-state index contributed by atoms with van der Waals surface area (Å²) in [5.74, 6) is -4.40. The van der Waals surface area contributed by atoms with E-state index in [0.29, 0.717) is 6.07 Å². The Hall–Kier alpha value is -1.59. The molecule has 0 saturated heterocycles. The quantitative estimate of drug-likeness (QED) is 0.740. The first-order chi connectivity index (χ1) is 6.45. The summed E-state index contributed by atoms with van der Waals surface area (Å²) in [6.07, 6.45) is -3.28. The number of benzene rings is 1. The van der Waals surface area contributed by atoms with E-state index in [9.17, 15) is 22.4 Å². The predicted molar refractivity (Wildman–Crippen MR) is 39.8 cm³/mol. The normalized spacial score (nSPS) is 10.6. The topological polar surface area (TPSA) is 43.1 Å². The summed E-state index contributed by atoms with van der Waals surface area (Å²) in [6.45, 7) is 0. The van der Waals surface area contributed by atoms with Gasteiger partial charge in [-0.3, -0.25) is 4.79 Å². The number of alkyl halides is 2. The Bertz CT molecular complexity index is 378. The van der Waals surface area contributed by atoms with E-state index in [2.05, 4.69) is 0 Å². The molecule has 76 valence electrons. The molecule has 0 radical (unpaired) electrons. The molecular weight excluding hydrogens is 202 g/mol. The molecule has 0 aromatic heterocycles. The maximum Gasteiger partial charge on any atom is 0.267 e. The Morgan fingerprint density at radius 2 is 1.86 bits per heavy atom. The van der Waals surface area contributed by atoms with Gasteiger partial charge in [0.2, 0.25) is 5.91 Å². The summed E-state index contributed by atoms with van der Waals surface area (Å²) >= 11 is 0. The number of amides is 1. The summed E-state index contributed by atoms with van der Waals surface area (Å²) in [4.78, 5) is 10.6. The number of carbonyl (C=O) groups excluding carboxylic acids is 1. The zero-order valence-electron chi connectivity index (χ0n) is 6.73. The number of nitrogens with two attached hydrogens (primary N) is 1. The van der Waals surface area contributed by atoms with Gasteiger partial charge < -0.3 is 5.73 Å². The molecule has 0 bridgehead atoms. The van der Waals surface area contributed by atoms with Gasteiger partial charge >= 0.3 is 0 Å². The van der Waals surface area contributed by atoms with Crippen LogP contribution in [0, 0.1) is 11.6 Å². The standard InChI is InChI=1S/C8H5F4NO/c9-4-2-1-3(8(13)14)5(6(4)10)7(11)12/h1-2,7H,(H2,13,14). The molecule has 1 aromatic rings. The van der Waals surface area contributed by atoms with Gasteiger partial charge in [0.25, 0.3) is 6.43 Å². The highest BCUT2D eigenvalue weighted by atomic mass is 19.3. The second-order valence-electron chi connectivity index (χ2n) is 2.49. The lowest BCUT2D eigenvalue weighted by atomic mass is 10.1. The molecule has 1 amide bonds. The second-order valence-corrected chi connectivity index (χ2v) is 2.49. The van der Waals surface area contributed by atoms with Gasteiger partial charge in [0.1, 0.15) is 0 Å². The van der Waals surface area contributed by atoms with Crippen LogP contribution in [-0.4, -0.2) is 5.91 Å². The van der Waals surface area contributed by atoms with Crippen LogP contribution in [0.4, 0.5) is 17.6 Å². The minimum Gasteiger partial charge on any atom is -0.366 e. The third-order valence-electron chi connectivity index (χ3n) is 1.62. The van der Waals surface area contributed by atoms with E-state index in [1.807, 2.05) is 0 Å². The lowest BCUT2D eigenvalue weighted by Gasteiger charge is -2.06. The molecule has 1 rings (SSSR count). The number of rotatable bonds is 2. The van der Waals surface area contributed by atoms with E-state index in [1.54, 1.807) is 0 Å². The van der Waals surface area contributed by atoms with E-state index in [-0.39, 0.29) is 0 Å². The number of hydrogen-bond donors (Lipinski definition) is 1. The minimum absolute atomic E-state index is 0.571. The molecule has 2 N–H and O–H groups in total. The van der Waals surface area contributed by atoms with Gasteiger partial charge in [0.15, 0.2) is 11.6 Å². The van der Waals surface area contributed by atoms with Crippen LogP contribution in [0.5, 0.6) is 0 Å². The van der Waals surface area contributed by atoms with Gasteiger partial charge in [0, 0.05) is 0 Å². The lowest BCUT2D eigenvalue weighted by Crippen LogP contribution is -2.15. The zero-order valence-corrected chi connectivity index (χ0v) is 6.73. The van der Waals surface area contributed by atoms with E-state index < -0.39 is 35.1 Å². The van der Waals surface area contributed by atoms with E-state index in [0.717, 1.165) is 6.07 Å². The number of carbonyl (C=O) groups is 1. The van der Waals surface area contributed by atoms with Gasteiger partial charge in [-0.2, -0.15) is 0 Å². The van der Waals surface area contributed by atoms with Gasteiger partial charge in [-0.25, -0.2) is 17.6 Å². The van der Waals surface area contributed by atoms with E-state index in [4.69, 9.17) is 5.73 Å². The SMILES string of the molecule is NC(=O)c1ccc(F)c(F)c1C(F)F. The van der Waals surface area contributed by atoms with E-state index >= 15 is 0 Å². The molecule has 0 heterocycles. The fourth-order valence-electron chi connectivity index (χ4n) is 0.995. The monoisotopic (exact) mass is 207 g/mol. The van der Waals surface area contributed by atoms with Crippen LogP contribution >= 0.6 is 0 Å². The molecule has 14 heavy (non-hydrogen) atoms. The van der Waals surface area contributed by atoms with Crippen LogP contribution in [0.1, 0.15) is 22.3 Å². The highest BCUT2D eigenvalue weighted by Gasteiger charge is 2.23. The largest absolute Gasteiger partial charge is 0.366 e. The van der Waals surface area contributed by atoms with Crippen LogP contribution < -0.4 is 5.73 Å². The maximum absolute atomic E-state index is 12.8. The summed E-state index contributed by atoms with van der Waals surface area (Å²) in [5, 5.41) is 0. The molecule has 0 unspecified atom stereocenters. The number of halogens is 4. The number of primary amides is 1. The molecule has 0 saturated carbocycles. The lowest BCUT2D eigenvalue weighted by molar-refractivity contribution is 0.0982. The van der Waals surface area contributed by atoms with Gasteiger partial charge in [0.05, 0.1) is 11.1 Å². The summed E-state index contributed by atoms with van der Waals surface area (Å²) in [7, 11) is 0. The Labute approximate surface area is 76.3 Å². The molecule has 2 nitrogen and oxygen atoms in total. The Morgan fingerprint density at radius 1 is 1.29 bits per heavy atom.